The smallest absolute Gasteiger partial charge is 0.416 e. The topological polar surface area (TPSA) is 112 Å². The molecule has 0 saturated carbocycles. The Balaban J connectivity index is 1.37. The van der Waals surface area contributed by atoms with E-state index in [1.54, 1.807) is 24.3 Å². The van der Waals surface area contributed by atoms with Crippen LogP contribution in [0, 0.1) is 0 Å². The highest BCUT2D eigenvalue weighted by atomic mass is 19.4. The van der Waals surface area contributed by atoms with Gasteiger partial charge in [0.2, 0.25) is 5.91 Å². The van der Waals surface area contributed by atoms with Crippen LogP contribution in [0.3, 0.4) is 0 Å². The van der Waals surface area contributed by atoms with Gasteiger partial charge in [-0.2, -0.15) is 13.2 Å². The minimum atomic E-state index is -4.47. The quantitative estimate of drug-likeness (QED) is 0.453. The van der Waals surface area contributed by atoms with Gasteiger partial charge in [0.25, 0.3) is 0 Å². The molecule has 1 atom stereocenters. The number of aromatic nitrogens is 1. The van der Waals surface area contributed by atoms with Gasteiger partial charge < -0.3 is 20.6 Å². The second-order valence-electron chi connectivity index (χ2n) is 8.16. The number of amides is 3. The molecule has 0 radical (unpaired) electrons. The molecule has 0 unspecified atom stereocenters. The van der Waals surface area contributed by atoms with Crippen LogP contribution in [-0.2, 0) is 11.0 Å². The molecule has 0 aliphatic carbocycles. The highest BCUT2D eigenvalue weighted by Gasteiger charge is 2.35. The molecular weight excluding hydrogens is 477 g/mol. The van der Waals surface area contributed by atoms with Crippen LogP contribution in [-0.4, -0.2) is 45.5 Å². The highest BCUT2D eigenvalue weighted by molar-refractivity contribution is 5.99. The van der Waals surface area contributed by atoms with E-state index in [0.717, 1.165) is 35.4 Å². The van der Waals surface area contributed by atoms with Gasteiger partial charge in [0.15, 0.2) is 0 Å². The summed E-state index contributed by atoms with van der Waals surface area (Å²) in [5.41, 5.74) is 1.01. The molecule has 1 aliphatic rings. The summed E-state index contributed by atoms with van der Waals surface area (Å²) in [7, 11) is 0. The lowest BCUT2D eigenvalue weighted by Gasteiger charge is -2.24. The van der Waals surface area contributed by atoms with Crippen LogP contribution >= 0.6 is 0 Å². The SMILES string of the molecule is O=C(O)c1ccc(-c2ccc(NC(=O)[C@@H]3CCCN3C(=O)Nc3ccc(C(F)(F)F)cc3)nc2)cc1. The summed E-state index contributed by atoms with van der Waals surface area (Å²) >= 11 is 0. The first kappa shape index (κ1) is 24.7. The van der Waals surface area contributed by atoms with Gasteiger partial charge >= 0.3 is 18.2 Å². The molecule has 8 nitrogen and oxygen atoms in total. The Morgan fingerprint density at radius 3 is 2.17 bits per heavy atom. The maximum Gasteiger partial charge on any atom is 0.416 e. The molecular formula is C25H21F3N4O4. The third-order valence-corrected chi connectivity index (χ3v) is 5.76. The van der Waals surface area contributed by atoms with Gasteiger partial charge in [0.05, 0.1) is 11.1 Å². The average Bonchev–Trinajstić information content (AvgIpc) is 3.35. The number of carboxylic acids is 1. The number of nitrogens with one attached hydrogen (secondary N) is 2. The van der Waals surface area contributed by atoms with Gasteiger partial charge in [-0.25, -0.2) is 14.6 Å². The molecule has 1 aliphatic heterocycles. The number of hydrogen-bond donors (Lipinski definition) is 3. The first-order valence-electron chi connectivity index (χ1n) is 11.0. The van der Waals surface area contributed by atoms with Crippen molar-refractivity contribution >= 4 is 29.4 Å². The molecule has 0 spiro atoms. The fourth-order valence-electron chi connectivity index (χ4n) is 3.87. The van der Waals surface area contributed by atoms with Crippen LogP contribution in [0.4, 0.5) is 29.5 Å². The molecule has 0 bridgehead atoms. The first-order valence-corrected chi connectivity index (χ1v) is 11.0. The van der Waals surface area contributed by atoms with Crippen molar-refractivity contribution in [2.45, 2.75) is 25.1 Å². The molecule has 4 rings (SSSR count). The van der Waals surface area contributed by atoms with Crippen molar-refractivity contribution in [2.24, 2.45) is 0 Å². The predicted octanol–water partition coefficient (Wildman–Crippen LogP) is 5.10. The number of halogens is 3. The molecule has 3 N–H and O–H groups in total. The maximum atomic E-state index is 12.8. The predicted molar refractivity (Wildman–Crippen MR) is 125 cm³/mol. The van der Waals surface area contributed by atoms with Crippen molar-refractivity contribution in [1.29, 1.82) is 0 Å². The van der Waals surface area contributed by atoms with E-state index >= 15 is 0 Å². The molecule has 2 aromatic carbocycles. The number of likely N-dealkylation sites (tertiary alicyclic amines) is 1. The standard InChI is InChI=1S/C25H21F3N4O4/c26-25(27,28)18-8-10-19(11-9-18)30-24(36)32-13-1-2-20(32)22(33)31-21-12-7-17(14-29-21)15-3-5-16(6-4-15)23(34)35/h3-12,14,20H,1-2,13H2,(H,30,36)(H,34,35)(H,29,31,33)/t20-/m0/s1. The Morgan fingerprint density at radius 2 is 1.58 bits per heavy atom. The molecule has 186 valence electrons. The third kappa shape index (κ3) is 5.62. The maximum absolute atomic E-state index is 12.8. The van der Waals surface area contributed by atoms with Crippen LogP contribution < -0.4 is 10.6 Å². The zero-order valence-electron chi connectivity index (χ0n) is 18.7. The summed E-state index contributed by atoms with van der Waals surface area (Å²) < 4.78 is 38.2. The highest BCUT2D eigenvalue weighted by Crippen LogP contribution is 2.30. The number of hydrogen-bond acceptors (Lipinski definition) is 4. The number of alkyl halides is 3. The molecule has 1 fully saturated rings. The molecule has 1 aromatic heterocycles. The number of benzene rings is 2. The van der Waals surface area contributed by atoms with Crippen LogP contribution in [0.15, 0.2) is 66.9 Å². The summed E-state index contributed by atoms with van der Waals surface area (Å²) in [4.78, 5) is 42.1. The van der Waals surface area contributed by atoms with E-state index in [4.69, 9.17) is 5.11 Å². The summed E-state index contributed by atoms with van der Waals surface area (Å²) in [5.74, 6) is -1.17. The van der Waals surface area contributed by atoms with Gasteiger partial charge in [0.1, 0.15) is 11.9 Å². The van der Waals surface area contributed by atoms with E-state index in [1.807, 2.05) is 0 Å². The Bertz CT molecular complexity index is 1260. The van der Waals surface area contributed by atoms with Crippen LogP contribution in [0.5, 0.6) is 0 Å². The molecule has 3 amide bonds. The number of carbonyl (C=O) groups is 3. The van der Waals surface area contributed by atoms with Gasteiger partial charge in [-0.05, 0) is 66.9 Å². The van der Waals surface area contributed by atoms with E-state index in [0.29, 0.717) is 19.4 Å². The summed E-state index contributed by atoms with van der Waals surface area (Å²) in [6, 6.07) is 12.3. The van der Waals surface area contributed by atoms with Crippen LogP contribution in [0.2, 0.25) is 0 Å². The second kappa shape index (κ2) is 10.1. The van der Waals surface area contributed by atoms with Crippen molar-refractivity contribution in [3.05, 3.63) is 78.0 Å². The number of rotatable bonds is 5. The fraction of sp³-hybridized carbons (Fsp3) is 0.200. The summed E-state index contributed by atoms with van der Waals surface area (Å²) in [6.45, 7) is 0.323. The summed E-state index contributed by atoms with van der Waals surface area (Å²) in [6.07, 6.45) is -1.91. The average molecular weight is 498 g/mol. The number of carbonyl (C=O) groups excluding carboxylic acids is 2. The minimum absolute atomic E-state index is 0.166. The number of nitrogens with zero attached hydrogens (tertiary/aromatic N) is 2. The van der Waals surface area contributed by atoms with E-state index < -0.39 is 35.7 Å². The lowest BCUT2D eigenvalue weighted by molar-refractivity contribution is -0.137. The van der Waals surface area contributed by atoms with Gasteiger partial charge in [-0.15, -0.1) is 0 Å². The van der Waals surface area contributed by atoms with Gasteiger partial charge in [-0.1, -0.05) is 12.1 Å². The number of pyridine rings is 1. The van der Waals surface area contributed by atoms with Crippen molar-refractivity contribution in [3.63, 3.8) is 0 Å². The molecule has 36 heavy (non-hydrogen) atoms. The monoisotopic (exact) mass is 498 g/mol. The zero-order valence-corrected chi connectivity index (χ0v) is 18.7. The Morgan fingerprint density at radius 1 is 0.917 bits per heavy atom. The number of aromatic carboxylic acids is 1. The number of anilines is 2. The van der Waals surface area contributed by atoms with Crippen molar-refractivity contribution in [3.8, 4) is 11.1 Å². The van der Waals surface area contributed by atoms with E-state index in [-0.39, 0.29) is 17.1 Å². The van der Waals surface area contributed by atoms with Gasteiger partial charge in [-0.3, -0.25) is 4.79 Å². The van der Waals surface area contributed by atoms with Crippen molar-refractivity contribution < 1.29 is 32.7 Å². The van der Waals surface area contributed by atoms with E-state index in [1.165, 1.54) is 23.2 Å². The zero-order chi connectivity index (χ0) is 25.9. The molecule has 3 aromatic rings. The Hall–Kier alpha value is -4.41. The Labute approximate surface area is 203 Å². The number of urea groups is 1. The van der Waals surface area contributed by atoms with Crippen molar-refractivity contribution in [2.75, 3.05) is 17.2 Å². The number of carboxylic acid groups (broad SMARTS) is 1. The van der Waals surface area contributed by atoms with E-state index in [2.05, 4.69) is 15.6 Å². The molecule has 2 heterocycles. The first-order chi connectivity index (χ1) is 17.1. The van der Waals surface area contributed by atoms with Crippen LogP contribution in [0.1, 0.15) is 28.8 Å². The Kier molecular flexibility index (Phi) is 6.91. The third-order valence-electron chi connectivity index (χ3n) is 5.76. The fourth-order valence-corrected chi connectivity index (χ4v) is 3.87. The summed E-state index contributed by atoms with van der Waals surface area (Å²) in [5, 5.41) is 14.2. The minimum Gasteiger partial charge on any atom is -0.478 e. The molecule has 11 heteroatoms. The lowest BCUT2D eigenvalue weighted by Crippen LogP contribution is -2.45. The largest absolute Gasteiger partial charge is 0.478 e. The van der Waals surface area contributed by atoms with E-state index in [9.17, 15) is 27.6 Å². The van der Waals surface area contributed by atoms with Gasteiger partial charge in [0, 0.05) is 24.0 Å². The van der Waals surface area contributed by atoms with Crippen LogP contribution in [0.25, 0.3) is 11.1 Å². The second-order valence-corrected chi connectivity index (χ2v) is 8.16. The van der Waals surface area contributed by atoms with Crippen molar-refractivity contribution in [1.82, 2.24) is 9.88 Å². The molecule has 1 saturated heterocycles. The lowest BCUT2D eigenvalue weighted by atomic mass is 10.1. The normalized spacial score (nSPS) is 15.4.